The van der Waals surface area contributed by atoms with Gasteiger partial charge in [0.15, 0.2) is 11.7 Å². The maximum absolute atomic E-state index is 5.30. The molecule has 2 aromatic heterocycles. The smallest absolute Gasteiger partial charge is 0.216 e. The van der Waals surface area contributed by atoms with Gasteiger partial charge in [-0.1, -0.05) is 12.1 Å². The Kier molecular flexibility index (Phi) is 8.17. The van der Waals surface area contributed by atoms with Gasteiger partial charge in [-0.2, -0.15) is 0 Å². The lowest BCUT2D eigenvalue weighted by Gasteiger charge is -2.21. The van der Waals surface area contributed by atoms with Crippen molar-refractivity contribution in [1.82, 2.24) is 25.4 Å². The van der Waals surface area contributed by atoms with Gasteiger partial charge in [-0.3, -0.25) is 10.1 Å². The van der Waals surface area contributed by atoms with Gasteiger partial charge in [-0.15, -0.1) is 40.8 Å². The fourth-order valence-corrected chi connectivity index (χ4v) is 2.93. The molecule has 0 spiro atoms. The third kappa shape index (κ3) is 5.73. The Labute approximate surface area is 180 Å². The number of aliphatic imine (C=N–C) groups is 1. The molecular formula is C18H23IN6OS. The van der Waals surface area contributed by atoms with E-state index in [0.29, 0.717) is 18.1 Å². The average molecular weight is 498 g/mol. The van der Waals surface area contributed by atoms with Crippen molar-refractivity contribution in [2.75, 3.05) is 20.4 Å². The second-order valence-electron chi connectivity index (χ2n) is 5.69. The van der Waals surface area contributed by atoms with Crippen molar-refractivity contribution in [1.29, 1.82) is 0 Å². The summed E-state index contributed by atoms with van der Waals surface area (Å²) in [7, 11) is 3.77. The molecule has 2 N–H and O–H groups in total. The first-order valence-electron chi connectivity index (χ1n) is 8.19. The zero-order valence-electron chi connectivity index (χ0n) is 15.5. The van der Waals surface area contributed by atoms with Crippen molar-refractivity contribution in [2.24, 2.45) is 4.99 Å². The van der Waals surface area contributed by atoms with Gasteiger partial charge in [0.25, 0.3) is 0 Å². The van der Waals surface area contributed by atoms with Crippen LogP contribution in [0.3, 0.4) is 0 Å². The number of furan rings is 1. The zero-order valence-corrected chi connectivity index (χ0v) is 18.6. The number of benzene rings is 1. The van der Waals surface area contributed by atoms with E-state index < -0.39 is 0 Å². The first kappa shape index (κ1) is 21.3. The number of H-pyrrole nitrogens is 1. The molecule has 0 saturated carbocycles. The highest BCUT2D eigenvalue weighted by Crippen LogP contribution is 2.16. The second-order valence-corrected chi connectivity index (χ2v) is 6.57. The first-order chi connectivity index (χ1) is 12.7. The summed E-state index contributed by atoms with van der Waals surface area (Å²) in [5.41, 5.74) is 1.23. The molecule has 2 heterocycles. The number of guanidine groups is 1. The molecule has 0 bridgehead atoms. The standard InChI is InChI=1S/C18H22N6OS.HI/c1-19-18(24(2)12-13-6-8-14(26-3)9-7-13)20-11-16-21-17(23-22-16)15-5-4-10-25-15;/h4-10H,11-12H2,1-3H3,(H,19,20)(H,21,22,23);1H. The summed E-state index contributed by atoms with van der Waals surface area (Å²) in [5, 5.41) is 10.4. The number of thioether (sulfide) groups is 1. The van der Waals surface area contributed by atoms with E-state index in [9.17, 15) is 0 Å². The molecule has 0 aliphatic rings. The van der Waals surface area contributed by atoms with Crippen molar-refractivity contribution in [3.05, 3.63) is 54.0 Å². The van der Waals surface area contributed by atoms with Gasteiger partial charge in [0, 0.05) is 25.5 Å². The second kappa shape index (κ2) is 10.4. The molecular weight excluding hydrogens is 475 g/mol. The van der Waals surface area contributed by atoms with E-state index in [4.69, 9.17) is 4.42 Å². The molecule has 0 fully saturated rings. The van der Waals surface area contributed by atoms with Gasteiger partial charge in [0.1, 0.15) is 5.82 Å². The van der Waals surface area contributed by atoms with Crippen LogP contribution in [0.4, 0.5) is 0 Å². The fourth-order valence-electron chi connectivity index (χ4n) is 2.52. The van der Waals surface area contributed by atoms with E-state index in [-0.39, 0.29) is 24.0 Å². The van der Waals surface area contributed by atoms with Crippen LogP contribution in [0.1, 0.15) is 11.4 Å². The van der Waals surface area contributed by atoms with E-state index in [2.05, 4.69) is 60.9 Å². The molecule has 0 atom stereocenters. The van der Waals surface area contributed by atoms with E-state index in [1.165, 1.54) is 10.5 Å². The number of halogens is 1. The number of nitrogens with zero attached hydrogens (tertiary/aromatic N) is 4. The van der Waals surface area contributed by atoms with Crippen LogP contribution in [-0.4, -0.2) is 46.4 Å². The predicted molar refractivity (Wildman–Crippen MR) is 119 cm³/mol. The zero-order chi connectivity index (χ0) is 18.4. The van der Waals surface area contributed by atoms with Crippen molar-refractivity contribution in [3.63, 3.8) is 0 Å². The number of aromatic nitrogens is 3. The van der Waals surface area contributed by atoms with Gasteiger partial charge in [-0.25, -0.2) is 4.98 Å². The topological polar surface area (TPSA) is 82.3 Å². The van der Waals surface area contributed by atoms with Crippen LogP contribution in [-0.2, 0) is 13.1 Å². The van der Waals surface area contributed by atoms with Crippen LogP contribution >= 0.6 is 35.7 Å². The molecule has 0 saturated heterocycles. The summed E-state index contributed by atoms with van der Waals surface area (Å²) >= 11 is 1.74. The minimum Gasteiger partial charge on any atom is -0.461 e. The Morgan fingerprint density at radius 1 is 1.30 bits per heavy atom. The molecule has 9 heteroatoms. The summed E-state index contributed by atoms with van der Waals surface area (Å²) in [6, 6.07) is 12.2. The number of hydrogen-bond donors (Lipinski definition) is 2. The molecule has 3 rings (SSSR count). The minimum atomic E-state index is 0. The monoisotopic (exact) mass is 498 g/mol. The highest BCUT2D eigenvalue weighted by atomic mass is 127. The van der Waals surface area contributed by atoms with Crippen LogP contribution in [0.15, 0.2) is 57.0 Å². The maximum Gasteiger partial charge on any atom is 0.216 e. The average Bonchev–Trinajstić information content (AvgIpc) is 3.34. The van der Waals surface area contributed by atoms with Crippen LogP contribution < -0.4 is 5.32 Å². The Morgan fingerprint density at radius 3 is 2.70 bits per heavy atom. The van der Waals surface area contributed by atoms with Gasteiger partial charge in [-0.05, 0) is 36.1 Å². The summed E-state index contributed by atoms with van der Waals surface area (Å²) in [4.78, 5) is 12.1. The molecule has 144 valence electrons. The largest absolute Gasteiger partial charge is 0.461 e. The highest BCUT2D eigenvalue weighted by Gasteiger charge is 2.10. The van der Waals surface area contributed by atoms with Crippen molar-refractivity contribution in [2.45, 2.75) is 18.0 Å². The molecule has 3 aromatic rings. The Morgan fingerprint density at radius 2 is 2.07 bits per heavy atom. The van der Waals surface area contributed by atoms with Crippen LogP contribution in [0.25, 0.3) is 11.6 Å². The van der Waals surface area contributed by atoms with Crippen LogP contribution in [0.2, 0.25) is 0 Å². The molecule has 0 aliphatic carbocycles. The lowest BCUT2D eigenvalue weighted by molar-refractivity contribution is 0.475. The number of nitrogens with one attached hydrogen (secondary N) is 2. The first-order valence-corrected chi connectivity index (χ1v) is 9.42. The molecule has 7 nitrogen and oxygen atoms in total. The van der Waals surface area contributed by atoms with E-state index in [1.54, 1.807) is 25.1 Å². The molecule has 0 unspecified atom stereocenters. The lowest BCUT2D eigenvalue weighted by Crippen LogP contribution is -2.38. The number of aromatic amines is 1. The van der Waals surface area contributed by atoms with Gasteiger partial charge in [0.2, 0.25) is 5.82 Å². The molecule has 0 aliphatic heterocycles. The number of rotatable bonds is 6. The van der Waals surface area contributed by atoms with E-state index in [0.717, 1.165) is 18.3 Å². The lowest BCUT2D eigenvalue weighted by atomic mass is 10.2. The summed E-state index contributed by atoms with van der Waals surface area (Å²) in [5.74, 6) is 2.69. The van der Waals surface area contributed by atoms with Crippen molar-refractivity contribution < 1.29 is 4.42 Å². The third-order valence-corrected chi connectivity index (χ3v) is 4.58. The van der Waals surface area contributed by atoms with Gasteiger partial charge < -0.3 is 14.6 Å². The van der Waals surface area contributed by atoms with E-state index >= 15 is 0 Å². The summed E-state index contributed by atoms with van der Waals surface area (Å²) < 4.78 is 5.30. The fraction of sp³-hybridized carbons (Fsp3) is 0.278. The number of hydrogen-bond acceptors (Lipinski definition) is 5. The van der Waals surface area contributed by atoms with Crippen LogP contribution in [0.5, 0.6) is 0 Å². The van der Waals surface area contributed by atoms with Crippen LogP contribution in [0, 0.1) is 0 Å². The van der Waals surface area contributed by atoms with Gasteiger partial charge >= 0.3 is 0 Å². The molecule has 1 aromatic carbocycles. The third-order valence-electron chi connectivity index (χ3n) is 3.84. The van der Waals surface area contributed by atoms with Gasteiger partial charge in [0.05, 0.1) is 12.8 Å². The Hall–Kier alpha value is -2.01. The minimum absolute atomic E-state index is 0. The molecule has 0 amide bonds. The SMILES string of the molecule is CN=C(NCc1nc(-c2ccco2)n[nH]1)N(C)Cc1ccc(SC)cc1.I. The van der Waals surface area contributed by atoms with Crippen molar-refractivity contribution >= 4 is 41.7 Å². The quantitative estimate of drug-likeness (QED) is 0.234. The maximum atomic E-state index is 5.30. The van der Waals surface area contributed by atoms with Crippen molar-refractivity contribution in [3.8, 4) is 11.6 Å². The normalized spacial score (nSPS) is 11.1. The Bertz CT molecular complexity index is 847. The molecule has 0 radical (unpaired) electrons. The highest BCUT2D eigenvalue weighted by molar-refractivity contribution is 14.0. The Balaban J connectivity index is 0.00000261. The van der Waals surface area contributed by atoms with E-state index in [1.807, 2.05) is 19.2 Å². The summed E-state index contributed by atoms with van der Waals surface area (Å²) in [6.45, 7) is 1.26. The predicted octanol–water partition coefficient (Wildman–Crippen LogP) is 3.61. The molecule has 27 heavy (non-hydrogen) atoms. The summed E-state index contributed by atoms with van der Waals surface area (Å²) in [6.07, 6.45) is 3.68.